The van der Waals surface area contributed by atoms with E-state index in [1.807, 2.05) is 0 Å². The van der Waals surface area contributed by atoms with Gasteiger partial charge in [0.15, 0.2) is 5.75 Å². The van der Waals surface area contributed by atoms with Crippen LogP contribution < -0.4 is 10.1 Å². The number of alkyl carbamates (subject to hydrolysis) is 1. The third kappa shape index (κ3) is 5.29. The highest BCUT2D eigenvalue weighted by Gasteiger charge is 2.24. The first-order valence-electron chi connectivity index (χ1n) is 9.22. The SMILES string of the molecule is COC(=O)NCc1nc(F)c(Cl)c(Oc2ccc(O)c(S(=O)(=O)c3ccc(C)cc3)c2)c1Cl. The predicted octanol–water partition coefficient (Wildman–Crippen LogP) is 5.02. The van der Waals surface area contributed by atoms with E-state index in [1.165, 1.54) is 18.2 Å². The number of carbonyl (C=O) groups is 1. The Morgan fingerprint density at radius 3 is 2.45 bits per heavy atom. The Kier molecular flexibility index (Phi) is 7.31. The van der Waals surface area contributed by atoms with Gasteiger partial charge in [-0.25, -0.2) is 18.2 Å². The summed E-state index contributed by atoms with van der Waals surface area (Å²) in [6.07, 6.45) is -0.796. The molecule has 0 radical (unpaired) electrons. The van der Waals surface area contributed by atoms with Crippen LogP contribution in [0.15, 0.2) is 52.3 Å². The number of aromatic nitrogens is 1. The van der Waals surface area contributed by atoms with Crippen molar-refractivity contribution in [2.45, 2.75) is 23.3 Å². The van der Waals surface area contributed by atoms with Crippen molar-refractivity contribution < 1.29 is 32.2 Å². The number of pyridine rings is 1. The Labute approximate surface area is 198 Å². The number of halogens is 3. The number of rotatable bonds is 6. The van der Waals surface area contributed by atoms with Crippen LogP contribution in [0.3, 0.4) is 0 Å². The van der Waals surface area contributed by atoms with Crippen molar-refractivity contribution in [3.05, 3.63) is 69.7 Å². The Morgan fingerprint density at radius 2 is 1.82 bits per heavy atom. The molecule has 0 aliphatic carbocycles. The summed E-state index contributed by atoms with van der Waals surface area (Å²) in [7, 11) is -2.96. The van der Waals surface area contributed by atoms with Crippen LogP contribution in [0, 0.1) is 12.9 Å². The van der Waals surface area contributed by atoms with Crippen molar-refractivity contribution in [1.29, 1.82) is 0 Å². The number of nitrogens with zero attached hydrogens (tertiary/aromatic N) is 1. The molecule has 0 aliphatic rings. The van der Waals surface area contributed by atoms with Crippen LogP contribution >= 0.6 is 23.2 Å². The molecule has 0 fully saturated rings. The highest BCUT2D eigenvalue weighted by atomic mass is 35.5. The van der Waals surface area contributed by atoms with Crippen molar-refractivity contribution in [2.24, 2.45) is 0 Å². The van der Waals surface area contributed by atoms with Gasteiger partial charge in [-0.2, -0.15) is 4.39 Å². The molecule has 3 rings (SSSR count). The van der Waals surface area contributed by atoms with Gasteiger partial charge in [0.05, 0.1) is 24.2 Å². The summed E-state index contributed by atoms with van der Waals surface area (Å²) in [6.45, 7) is 1.51. The standard InChI is InChI=1S/C21H17Cl2FN2O6S/c1-11-3-6-13(7-4-11)33(29,30)16-9-12(5-8-15(16)27)32-19-17(22)14(10-25-21(28)31-2)26-20(24)18(19)23/h3-9,27H,10H2,1-2H3,(H,25,28). The fourth-order valence-electron chi connectivity index (χ4n) is 2.71. The molecule has 174 valence electrons. The second kappa shape index (κ2) is 9.82. The lowest BCUT2D eigenvalue weighted by Crippen LogP contribution is -2.23. The maximum Gasteiger partial charge on any atom is 0.407 e. The maximum absolute atomic E-state index is 14.3. The minimum absolute atomic E-state index is 0.0391. The van der Waals surface area contributed by atoms with Crippen LogP contribution in [0.2, 0.25) is 10.0 Å². The molecule has 0 spiro atoms. The first-order valence-corrected chi connectivity index (χ1v) is 11.5. The van der Waals surface area contributed by atoms with Crippen LogP contribution in [0.4, 0.5) is 9.18 Å². The zero-order chi connectivity index (χ0) is 24.3. The fourth-order valence-corrected chi connectivity index (χ4v) is 4.54. The van der Waals surface area contributed by atoms with E-state index < -0.39 is 37.5 Å². The topological polar surface area (TPSA) is 115 Å². The highest BCUT2D eigenvalue weighted by molar-refractivity contribution is 7.91. The van der Waals surface area contributed by atoms with E-state index >= 15 is 0 Å². The quantitative estimate of drug-likeness (QED) is 0.443. The van der Waals surface area contributed by atoms with Gasteiger partial charge < -0.3 is 19.9 Å². The monoisotopic (exact) mass is 514 g/mol. The number of aryl methyl sites for hydroxylation is 1. The number of phenols is 1. The number of phenolic OH excluding ortho intramolecular Hbond substituents is 1. The van der Waals surface area contributed by atoms with Gasteiger partial charge in [-0.3, -0.25) is 0 Å². The number of hydrogen-bond donors (Lipinski definition) is 2. The number of benzene rings is 2. The Bertz CT molecular complexity index is 1320. The minimum atomic E-state index is -4.10. The van der Waals surface area contributed by atoms with E-state index in [2.05, 4.69) is 15.0 Å². The van der Waals surface area contributed by atoms with Gasteiger partial charge in [-0.05, 0) is 31.2 Å². The molecule has 0 bridgehead atoms. The summed E-state index contributed by atoms with van der Waals surface area (Å²) >= 11 is 12.2. The van der Waals surface area contributed by atoms with E-state index in [0.29, 0.717) is 0 Å². The van der Waals surface area contributed by atoms with Crippen molar-refractivity contribution in [3.8, 4) is 17.2 Å². The molecule has 8 nitrogen and oxygen atoms in total. The smallest absolute Gasteiger partial charge is 0.407 e. The van der Waals surface area contributed by atoms with Crippen molar-refractivity contribution >= 4 is 39.1 Å². The van der Waals surface area contributed by atoms with Gasteiger partial charge in [0.2, 0.25) is 15.8 Å². The average Bonchev–Trinajstić information content (AvgIpc) is 2.79. The zero-order valence-electron chi connectivity index (χ0n) is 17.2. The van der Waals surface area contributed by atoms with Crippen LogP contribution in [-0.2, 0) is 21.1 Å². The molecule has 3 aromatic rings. The molecule has 0 atom stereocenters. The van der Waals surface area contributed by atoms with E-state index in [1.54, 1.807) is 19.1 Å². The number of carbonyl (C=O) groups excluding carboxylic acids is 1. The number of ether oxygens (including phenoxy) is 2. The second-order valence-electron chi connectivity index (χ2n) is 6.70. The number of methoxy groups -OCH3 is 1. The minimum Gasteiger partial charge on any atom is -0.507 e. The van der Waals surface area contributed by atoms with Crippen LogP contribution in [0.1, 0.15) is 11.3 Å². The Balaban J connectivity index is 2.00. The molecule has 2 N–H and O–H groups in total. The van der Waals surface area contributed by atoms with Crippen LogP contribution in [0.25, 0.3) is 0 Å². The summed E-state index contributed by atoms with van der Waals surface area (Å²) in [5.74, 6) is -2.08. The Hall–Kier alpha value is -3.08. The summed E-state index contributed by atoms with van der Waals surface area (Å²) in [4.78, 5) is 14.4. The average molecular weight is 515 g/mol. The molecule has 1 heterocycles. The molecule has 0 unspecified atom stereocenters. The Morgan fingerprint density at radius 1 is 1.15 bits per heavy atom. The van der Waals surface area contributed by atoms with Crippen molar-refractivity contribution in [2.75, 3.05) is 7.11 Å². The van der Waals surface area contributed by atoms with Crippen molar-refractivity contribution in [3.63, 3.8) is 0 Å². The normalized spacial score (nSPS) is 11.2. The molecule has 0 aliphatic heterocycles. The van der Waals surface area contributed by atoms with E-state index in [-0.39, 0.29) is 33.7 Å². The first kappa shape index (κ1) is 24.6. The number of hydrogen-bond acceptors (Lipinski definition) is 7. The molecular weight excluding hydrogens is 498 g/mol. The number of aromatic hydroxyl groups is 1. The van der Waals surface area contributed by atoms with Crippen LogP contribution in [0.5, 0.6) is 17.2 Å². The zero-order valence-corrected chi connectivity index (χ0v) is 19.6. The second-order valence-corrected chi connectivity index (χ2v) is 9.37. The molecule has 12 heteroatoms. The lowest BCUT2D eigenvalue weighted by Gasteiger charge is -2.14. The molecule has 1 aromatic heterocycles. The van der Waals surface area contributed by atoms with E-state index in [4.69, 9.17) is 27.9 Å². The predicted molar refractivity (Wildman–Crippen MR) is 118 cm³/mol. The fraction of sp³-hybridized carbons (Fsp3) is 0.143. The summed E-state index contributed by atoms with van der Waals surface area (Å²) in [6, 6.07) is 9.47. The van der Waals surface area contributed by atoms with Gasteiger partial charge in [0.1, 0.15) is 26.4 Å². The summed E-state index contributed by atoms with van der Waals surface area (Å²) in [5, 5.41) is 11.7. The highest BCUT2D eigenvalue weighted by Crippen LogP contribution is 2.41. The van der Waals surface area contributed by atoms with Gasteiger partial charge in [-0.15, -0.1) is 0 Å². The molecule has 2 aromatic carbocycles. The lowest BCUT2D eigenvalue weighted by atomic mass is 10.2. The number of sulfone groups is 1. The summed E-state index contributed by atoms with van der Waals surface area (Å²) < 4.78 is 50.3. The molecule has 0 saturated carbocycles. The molecule has 1 amide bonds. The summed E-state index contributed by atoms with van der Waals surface area (Å²) in [5.41, 5.74) is 0.752. The van der Waals surface area contributed by atoms with Crippen molar-refractivity contribution in [1.82, 2.24) is 10.3 Å². The van der Waals surface area contributed by atoms with E-state index in [0.717, 1.165) is 24.8 Å². The molecular formula is C21H17Cl2FN2O6S. The molecule has 0 saturated heterocycles. The van der Waals surface area contributed by atoms with Gasteiger partial charge in [0, 0.05) is 6.07 Å². The van der Waals surface area contributed by atoms with Gasteiger partial charge >= 0.3 is 6.09 Å². The van der Waals surface area contributed by atoms with E-state index in [9.17, 15) is 22.7 Å². The molecule has 33 heavy (non-hydrogen) atoms. The third-order valence-corrected chi connectivity index (χ3v) is 6.94. The largest absolute Gasteiger partial charge is 0.507 e. The first-order chi connectivity index (χ1) is 15.5. The lowest BCUT2D eigenvalue weighted by molar-refractivity contribution is 0.170. The number of nitrogens with one attached hydrogen (secondary N) is 1. The third-order valence-electron chi connectivity index (χ3n) is 4.42. The maximum atomic E-state index is 14.3. The number of amides is 1. The van der Waals surface area contributed by atoms with Gasteiger partial charge in [0.25, 0.3) is 0 Å². The van der Waals surface area contributed by atoms with Gasteiger partial charge in [-0.1, -0.05) is 40.9 Å². The van der Waals surface area contributed by atoms with Crippen LogP contribution in [-0.4, -0.2) is 31.7 Å².